The lowest BCUT2D eigenvalue weighted by atomic mass is 10.1. The third-order valence-electron chi connectivity index (χ3n) is 4.25. The number of carbonyl (C=O) groups is 2. The number of hydrogen-bond acceptors (Lipinski definition) is 5. The van der Waals surface area contributed by atoms with Crippen LogP contribution in [0.3, 0.4) is 0 Å². The Kier molecular flexibility index (Phi) is 6.76. The van der Waals surface area contributed by atoms with E-state index in [0.717, 1.165) is 16.7 Å². The summed E-state index contributed by atoms with van der Waals surface area (Å²) < 4.78 is 11.1. The van der Waals surface area contributed by atoms with Gasteiger partial charge in [-0.25, -0.2) is 4.79 Å². The van der Waals surface area contributed by atoms with E-state index in [0.29, 0.717) is 17.9 Å². The molecule has 3 rings (SSSR count). The number of fused-ring (bicyclic) bond motifs is 1. The van der Waals surface area contributed by atoms with Crippen LogP contribution in [0.15, 0.2) is 59.0 Å². The van der Waals surface area contributed by atoms with E-state index >= 15 is 0 Å². The van der Waals surface area contributed by atoms with Gasteiger partial charge in [0.2, 0.25) is 5.76 Å². The van der Waals surface area contributed by atoms with E-state index in [1.807, 2.05) is 49.4 Å². The average molecular weight is 397 g/mol. The Morgan fingerprint density at radius 3 is 2.54 bits per heavy atom. The highest BCUT2D eigenvalue weighted by molar-refractivity contribution is 7.97. The van der Waals surface area contributed by atoms with Gasteiger partial charge in [-0.3, -0.25) is 4.79 Å². The Morgan fingerprint density at radius 1 is 1.07 bits per heavy atom. The van der Waals surface area contributed by atoms with Gasteiger partial charge in [0, 0.05) is 29.0 Å². The molecule has 6 heteroatoms. The molecule has 0 aliphatic rings. The fraction of sp³-hybridized carbons (Fsp3) is 0.273. The van der Waals surface area contributed by atoms with E-state index in [-0.39, 0.29) is 11.7 Å². The molecule has 0 aliphatic carbocycles. The van der Waals surface area contributed by atoms with Crippen LogP contribution in [0.25, 0.3) is 11.0 Å². The highest BCUT2D eigenvalue weighted by Crippen LogP contribution is 2.31. The van der Waals surface area contributed by atoms with Crippen molar-refractivity contribution in [1.82, 2.24) is 5.32 Å². The van der Waals surface area contributed by atoms with Crippen LogP contribution < -0.4 is 5.32 Å². The van der Waals surface area contributed by atoms with Gasteiger partial charge in [0.15, 0.2) is 6.10 Å². The van der Waals surface area contributed by atoms with Gasteiger partial charge >= 0.3 is 5.97 Å². The third kappa shape index (κ3) is 4.75. The van der Waals surface area contributed by atoms with Crippen molar-refractivity contribution in [2.24, 2.45) is 0 Å². The van der Waals surface area contributed by atoms with Crippen molar-refractivity contribution in [1.29, 1.82) is 0 Å². The second kappa shape index (κ2) is 9.46. The van der Waals surface area contributed by atoms with E-state index in [1.165, 1.54) is 5.56 Å². The van der Waals surface area contributed by atoms with Crippen LogP contribution in [-0.2, 0) is 21.0 Å². The molecule has 0 spiro atoms. The molecule has 5 nitrogen and oxygen atoms in total. The standard InChI is InChI=1S/C22H23NO4S/c1-3-23-21(24)15(2)26-22(25)20-18(17-11-7-8-12-19(17)27-20)14-28-13-16-9-5-4-6-10-16/h4-12,15H,3,13-14H2,1-2H3,(H,23,24)/t15-/m1/s1. The topological polar surface area (TPSA) is 68.5 Å². The first-order valence-electron chi connectivity index (χ1n) is 9.21. The van der Waals surface area contributed by atoms with Crippen molar-refractivity contribution in [3.8, 4) is 0 Å². The largest absolute Gasteiger partial charge is 0.449 e. The van der Waals surface area contributed by atoms with Crippen molar-refractivity contribution in [2.75, 3.05) is 6.54 Å². The monoisotopic (exact) mass is 397 g/mol. The molecule has 0 aliphatic heterocycles. The van der Waals surface area contributed by atoms with E-state index < -0.39 is 12.1 Å². The molecule has 3 aromatic rings. The summed E-state index contributed by atoms with van der Waals surface area (Å²) in [4.78, 5) is 24.6. The minimum absolute atomic E-state index is 0.165. The zero-order valence-corrected chi connectivity index (χ0v) is 16.8. The van der Waals surface area contributed by atoms with Gasteiger partial charge in [-0.15, -0.1) is 0 Å². The SMILES string of the molecule is CCNC(=O)[C@@H](C)OC(=O)c1oc2ccccc2c1CSCc1ccccc1. The summed E-state index contributed by atoms with van der Waals surface area (Å²) in [7, 11) is 0. The highest BCUT2D eigenvalue weighted by atomic mass is 32.2. The van der Waals surface area contributed by atoms with Gasteiger partial charge in [0.1, 0.15) is 5.58 Å². The van der Waals surface area contributed by atoms with Crippen LogP contribution in [0.2, 0.25) is 0 Å². The second-order valence-corrected chi connectivity index (χ2v) is 7.31. The number of hydrogen-bond donors (Lipinski definition) is 1. The van der Waals surface area contributed by atoms with Gasteiger partial charge in [-0.2, -0.15) is 11.8 Å². The minimum atomic E-state index is -0.884. The minimum Gasteiger partial charge on any atom is -0.449 e. The number of ether oxygens (including phenoxy) is 1. The Hall–Kier alpha value is -2.73. The van der Waals surface area contributed by atoms with Crippen LogP contribution >= 0.6 is 11.8 Å². The van der Waals surface area contributed by atoms with Gasteiger partial charge in [-0.1, -0.05) is 48.5 Å². The average Bonchev–Trinajstić information content (AvgIpc) is 3.08. The number of thioether (sulfide) groups is 1. The molecule has 1 amide bonds. The predicted molar refractivity (Wildman–Crippen MR) is 111 cm³/mol. The fourth-order valence-corrected chi connectivity index (χ4v) is 3.86. The van der Waals surface area contributed by atoms with Crippen LogP contribution in [-0.4, -0.2) is 24.5 Å². The molecule has 1 N–H and O–H groups in total. The molecule has 0 unspecified atom stereocenters. The van der Waals surface area contributed by atoms with Crippen LogP contribution in [0, 0.1) is 0 Å². The Balaban J connectivity index is 1.78. The normalized spacial score (nSPS) is 11.9. The summed E-state index contributed by atoms with van der Waals surface area (Å²) in [5, 5.41) is 3.53. The lowest BCUT2D eigenvalue weighted by Crippen LogP contribution is -2.35. The first-order valence-corrected chi connectivity index (χ1v) is 10.4. The first kappa shape index (κ1) is 20.0. The van der Waals surface area contributed by atoms with E-state index in [1.54, 1.807) is 18.7 Å². The summed E-state index contributed by atoms with van der Waals surface area (Å²) >= 11 is 1.70. The maximum Gasteiger partial charge on any atom is 0.375 e. The molecule has 2 aromatic carbocycles. The summed E-state index contributed by atoms with van der Waals surface area (Å²) in [6.45, 7) is 3.84. The quantitative estimate of drug-likeness (QED) is 0.565. The predicted octanol–water partition coefficient (Wildman–Crippen LogP) is 4.55. The van der Waals surface area contributed by atoms with Crippen LogP contribution in [0.5, 0.6) is 0 Å². The molecular formula is C22H23NO4S. The van der Waals surface area contributed by atoms with Crippen LogP contribution in [0.4, 0.5) is 0 Å². The molecule has 0 radical (unpaired) electrons. The molecule has 1 atom stereocenters. The number of carbonyl (C=O) groups excluding carboxylic acids is 2. The highest BCUT2D eigenvalue weighted by Gasteiger charge is 2.25. The van der Waals surface area contributed by atoms with Crippen LogP contribution in [0.1, 0.15) is 35.5 Å². The molecule has 1 heterocycles. The molecule has 0 bridgehead atoms. The van der Waals surface area contributed by atoms with E-state index in [2.05, 4.69) is 17.4 Å². The molecule has 146 valence electrons. The molecule has 0 saturated heterocycles. The maximum absolute atomic E-state index is 12.7. The number of para-hydroxylation sites is 1. The van der Waals surface area contributed by atoms with Crippen molar-refractivity contribution in [2.45, 2.75) is 31.5 Å². The lowest BCUT2D eigenvalue weighted by molar-refractivity contribution is -0.129. The number of furan rings is 1. The second-order valence-electron chi connectivity index (χ2n) is 6.33. The number of nitrogens with one attached hydrogen (secondary N) is 1. The third-order valence-corrected chi connectivity index (χ3v) is 5.28. The number of likely N-dealkylation sites (N-methyl/N-ethyl adjacent to an activating group) is 1. The molecular weight excluding hydrogens is 374 g/mol. The summed E-state index contributed by atoms with van der Waals surface area (Å²) in [6.07, 6.45) is -0.884. The van der Waals surface area contributed by atoms with Gasteiger partial charge < -0.3 is 14.5 Å². The fourth-order valence-electron chi connectivity index (χ4n) is 2.84. The van der Waals surface area contributed by atoms with Crippen molar-refractivity contribution < 1.29 is 18.7 Å². The Morgan fingerprint density at radius 2 is 1.79 bits per heavy atom. The number of esters is 1. The summed E-state index contributed by atoms with van der Waals surface area (Å²) in [5.74, 6) is 0.644. The Bertz CT molecular complexity index is 952. The Labute approximate surface area is 168 Å². The van der Waals surface area contributed by atoms with Crippen molar-refractivity contribution in [3.63, 3.8) is 0 Å². The van der Waals surface area contributed by atoms with E-state index in [9.17, 15) is 9.59 Å². The van der Waals surface area contributed by atoms with Gasteiger partial charge in [0.05, 0.1) is 0 Å². The van der Waals surface area contributed by atoms with Crippen molar-refractivity contribution in [3.05, 3.63) is 71.5 Å². The molecule has 0 saturated carbocycles. The lowest BCUT2D eigenvalue weighted by Gasteiger charge is -2.12. The first-order chi connectivity index (χ1) is 13.6. The zero-order chi connectivity index (χ0) is 19.9. The van der Waals surface area contributed by atoms with Crippen molar-refractivity contribution >= 4 is 34.6 Å². The number of benzene rings is 2. The summed E-state index contributed by atoms with van der Waals surface area (Å²) in [6, 6.07) is 17.7. The summed E-state index contributed by atoms with van der Waals surface area (Å²) in [5.41, 5.74) is 2.65. The smallest absolute Gasteiger partial charge is 0.375 e. The van der Waals surface area contributed by atoms with E-state index in [4.69, 9.17) is 9.15 Å². The number of amides is 1. The van der Waals surface area contributed by atoms with Gasteiger partial charge in [-0.05, 0) is 25.5 Å². The van der Waals surface area contributed by atoms with Gasteiger partial charge in [0.25, 0.3) is 5.91 Å². The molecule has 28 heavy (non-hydrogen) atoms. The molecule has 1 aromatic heterocycles. The molecule has 0 fully saturated rings. The zero-order valence-electron chi connectivity index (χ0n) is 15.9. The maximum atomic E-state index is 12.7. The number of rotatable bonds is 8.